The Hall–Kier alpha value is -3.34. The number of rotatable bonds is 9. The Labute approximate surface area is 165 Å². The van der Waals surface area contributed by atoms with Crippen molar-refractivity contribution in [2.75, 3.05) is 23.8 Å². The topological polar surface area (TPSA) is 63.2 Å². The summed E-state index contributed by atoms with van der Waals surface area (Å²) in [5.41, 5.74) is 3.40. The Balaban J connectivity index is 1.51. The van der Waals surface area contributed by atoms with Gasteiger partial charge in [0.15, 0.2) is 0 Å². The average molecular weight is 375 g/mol. The molecule has 0 fully saturated rings. The van der Waals surface area contributed by atoms with Crippen molar-refractivity contribution in [1.82, 2.24) is 4.98 Å². The van der Waals surface area contributed by atoms with E-state index >= 15 is 0 Å². The Bertz CT molecular complexity index is 880. The Morgan fingerprint density at radius 3 is 2.54 bits per heavy atom. The Morgan fingerprint density at radius 2 is 1.79 bits per heavy atom. The molecule has 3 rings (SSSR count). The summed E-state index contributed by atoms with van der Waals surface area (Å²) in [5.74, 6) is 0.591. The molecular formula is C23H25N3O2. The second-order valence-corrected chi connectivity index (χ2v) is 6.39. The number of pyridine rings is 1. The summed E-state index contributed by atoms with van der Waals surface area (Å²) < 4.78 is 5.41. The number of carbonyl (C=O) groups excluding carboxylic acids is 1. The van der Waals surface area contributed by atoms with Crippen molar-refractivity contribution in [3.63, 3.8) is 0 Å². The third kappa shape index (κ3) is 5.84. The van der Waals surface area contributed by atoms with Crippen molar-refractivity contribution in [3.8, 4) is 5.75 Å². The van der Waals surface area contributed by atoms with E-state index in [0.29, 0.717) is 12.2 Å². The number of amides is 1. The summed E-state index contributed by atoms with van der Waals surface area (Å²) in [4.78, 5) is 16.7. The van der Waals surface area contributed by atoms with Gasteiger partial charge in [0.1, 0.15) is 5.75 Å². The largest absolute Gasteiger partial charge is 0.494 e. The number of aryl methyl sites for hydroxylation is 1. The third-order valence-corrected chi connectivity index (χ3v) is 4.24. The van der Waals surface area contributed by atoms with Crippen LogP contribution in [0.1, 0.15) is 29.3 Å². The predicted molar refractivity (Wildman–Crippen MR) is 113 cm³/mol. The number of benzene rings is 2. The fourth-order valence-electron chi connectivity index (χ4n) is 2.84. The van der Waals surface area contributed by atoms with Crippen LogP contribution in [0.15, 0.2) is 73.1 Å². The molecule has 0 unspecified atom stereocenters. The molecule has 2 aromatic carbocycles. The van der Waals surface area contributed by atoms with Crippen molar-refractivity contribution in [2.24, 2.45) is 0 Å². The van der Waals surface area contributed by atoms with Gasteiger partial charge >= 0.3 is 0 Å². The second-order valence-electron chi connectivity index (χ2n) is 6.39. The van der Waals surface area contributed by atoms with E-state index in [4.69, 9.17) is 4.74 Å². The zero-order valence-electron chi connectivity index (χ0n) is 16.0. The molecule has 144 valence electrons. The summed E-state index contributed by atoms with van der Waals surface area (Å²) >= 11 is 0. The summed E-state index contributed by atoms with van der Waals surface area (Å²) in [6.45, 7) is 3.37. The maximum Gasteiger partial charge on any atom is 0.257 e. The van der Waals surface area contributed by atoms with E-state index < -0.39 is 0 Å². The van der Waals surface area contributed by atoms with Gasteiger partial charge in [-0.3, -0.25) is 9.78 Å². The standard InChI is InChI=1S/C23H25N3O2/c1-2-28-22-12-10-20(11-13-22)26-23(27)19-15-21(17-24-16-19)25-14-6-9-18-7-4-3-5-8-18/h3-5,7-8,10-13,15-17,25H,2,6,9,14H2,1H3,(H,26,27). The van der Waals surface area contributed by atoms with Gasteiger partial charge in [0.25, 0.3) is 5.91 Å². The molecule has 5 nitrogen and oxygen atoms in total. The lowest BCUT2D eigenvalue weighted by molar-refractivity contribution is 0.102. The van der Waals surface area contributed by atoms with Gasteiger partial charge in [-0.15, -0.1) is 0 Å². The van der Waals surface area contributed by atoms with Crippen molar-refractivity contribution in [3.05, 3.63) is 84.2 Å². The van der Waals surface area contributed by atoms with E-state index in [2.05, 4.69) is 39.9 Å². The van der Waals surface area contributed by atoms with Crippen LogP contribution in [-0.4, -0.2) is 24.0 Å². The number of nitrogens with one attached hydrogen (secondary N) is 2. The quantitative estimate of drug-likeness (QED) is 0.529. The molecule has 0 bridgehead atoms. The summed E-state index contributed by atoms with van der Waals surface area (Å²) in [6, 6.07) is 19.5. The number of carbonyl (C=O) groups is 1. The fraction of sp³-hybridized carbons (Fsp3) is 0.217. The molecule has 0 saturated carbocycles. The lowest BCUT2D eigenvalue weighted by atomic mass is 10.1. The van der Waals surface area contributed by atoms with Gasteiger partial charge in [-0.25, -0.2) is 0 Å². The highest BCUT2D eigenvalue weighted by atomic mass is 16.5. The predicted octanol–water partition coefficient (Wildman–Crippen LogP) is 4.78. The molecule has 0 atom stereocenters. The van der Waals surface area contributed by atoms with E-state index in [-0.39, 0.29) is 5.91 Å². The number of nitrogens with zero attached hydrogens (tertiary/aromatic N) is 1. The molecule has 28 heavy (non-hydrogen) atoms. The lowest BCUT2D eigenvalue weighted by Gasteiger charge is -2.09. The molecule has 0 saturated heterocycles. The maximum absolute atomic E-state index is 12.5. The van der Waals surface area contributed by atoms with E-state index in [1.54, 1.807) is 12.4 Å². The van der Waals surface area contributed by atoms with Gasteiger partial charge in [-0.05, 0) is 55.7 Å². The zero-order valence-corrected chi connectivity index (χ0v) is 16.0. The van der Waals surface area contributed by atoms with E-state index in [1.165, 1.54) is 5.56 Å². The van der Waals surface area contributed by atoms with E-state index in [0.717, 1.165) is 36.5 Å². The molecule has 1 amide bonds. The number of hydrogen-bond acceptors (Lipinski definition) is 4. The number of anilines is 2. The second kappa shape index (κ2) is 10.1. The monoisotopic (exact) mass is 375 g/mol. The van der Waals surface area contributed by atoms with Crippen LogP contribution in [0.5, 0.6) is 5.75 Å². The van der Waals surface area contributed by atoms with Gasteiger partial charge in [0, 0.05) is 24.6 Å². The number of ether oxygens (including phenoxy) is 1. The number of hydrogen-bond donors (Lipinski definition) is 2. The minimum Gasteiger partial charge on any atom is -0.494 e. The first-order chi connectivity index (χ1) is 13.7. The number of aromatic nitrogens is 1. The molecular weight excluding hydrogens is 350 g/mol. The first kappa shape index (κ1) is 19.4. The van der Waals surface area contributed by atoms with Crippen molar-refractivity contribution < 1.29 is 9.53 Å². The highest BCUT2D eigenvalue weighted by Crippen LogP contribution is 2.17. The smallest absolute Gasteiger partial charge is 0.257 e. The van der Waals surface area contributed by atoms with Gasteiger partial charge in [-0.1, -0.05) is 30.3 Å². The molecule has 3 aromatic rings. The molecule has 0 aliphatic rings. The fourth-order valence-corrected chi connectivity index (χ4v) is 2.84. The minimum atomic E-state index is -0.190. The highest BCUT2D eigenvalue weighted by molar-refractivity contribution is 6.04. The summed E-state index contributed by atoms with van der Waals surface area (Å²) in [7, 11) is 0. The van der Waals surface area contributed by atoms with Crippen LogP contribution in [0.3, 0.4) is 0 Å². The van der Waals surface area contributed by atoms with Crippen LogP contribution in [0, 0.1) is 0 Å². The van der Waals surface area contributed by atoms with Gasteiger partial charge in [-0.2, -0.15) is 0 Å². The van der Waals surface area contributed by atoms with Crippen LogP contribution in [0.2, 0.25) is 0 Å². The first-order valence-corrected chi connectivity index (χ1v) is 9.51. The van der Waals surface area contributed by atoms with Crippen LogP contribution in [-0.2, 0) is 6.42 Å². The summed E-state index contributed by atoms with van der Waals surface area (Å²) in [6.07, 6.45) is 5.32. The molecule has 0 aliphatic carbocycles. The Kier molecular flexibility index (Phi) is 7.01. The van der Waals surface area contributed by atoms with Crippen LogP contribution in [0.4, 0.5) is 11.4 Å². The first-order valence-electron chi connectivity index (χ1n) is 9.51. The molecule has 1 aromatic heterocycles. The average Bonchev–Trinajstić information content (AvgIpc) is 2.74. The molecule has 0 radical (unpaired) electrons. The van der Waals surface area contributed by atoms with Crippen LogP contribution >= 0.6 is 0 Å². The Morgan fingerprint density at radius 1 is 1.00 bits per heavy atom. The van der Waals surface area contributed by atoms with Crippen molar-refractivity contribution >= 4 is 17.3 Å². The highest BCUT2D eigenvalue weighted by Gasteiger charge is 2.08. The molecule has 0 spiro atoms. The normalized spacial score (nSPS) is 10.3. The van der Waals surface area contributed by atoms with Crippen LogP contribution < -0.4 is 15.4 Å². The maximum atomic E-state index is 12.5. The molecule has 1 heterocycles. The van der Waals surface area contributed by atoms with Gasteiger partial charge in [0.05, 0.1) is 17.9 Å². The summed E-state index contributed by atoms with van der Waals surface area (Å²) in [5, 5.41) is 6.22. The minimum absolute atomic E-state index is 0.190. The van der Waals surface area contributed by atoms with Crippen molar-refractivity contribution in [1.29, 1.82) is 0 Å². The van der Waals surface area contributed by atoms with Gasteiger partial charge in [0.2, 0.25) is 0 Å². The molecule has 2 N–H and O–H groups in total. The van der Waals surface area contributed by atoms with Crippen LogP contribution in [0.25, 0.3) is 0 Å². The third-order valence-electron chi connectivity index (χ3n) is 4.24. The SMILES string of the molecule is CCOc1ccc(NC(=O)c2cncc(NCCCc3ccccc3)c2)cc1. The van der Waals surface area contributed by atoms with Gasteiger partial charge < -0.3 is 15.4 Å². The van der Waals surface area contributed by atoms with E-state index in [9.17, 15) is 4.79 Å². The lowest BCUT2D eigenvalue weighted by Crippen LogP contribution is -2.13. The molecule has 0 aliphatic heterocycles. The zero-order chi connectivity index (χ0) is 19.6. The molecule has 5 heteroatoms. The van der Waals surface area contributed by atoms with Crippen molar-refractivity contribution in [2.45, 2.75) is 19.8 Å². The van der Waals surface area contributed by atoms with E-state index in [1.807, 2.05) is 43.3 Å².